The number of carbonyl (C=O) groups is 1. The van der Waals surface area contributed by atoms with Crippen molar-refractivity contribution < 1.29 is 28.5 Å². The molecule has 0 aliphatic carbocycles. The van der Waals surface area contributed by atoms with Crippen LogP contribution in [0.15, 0.2) is 66.2 Å². The lowest BCUT2D eigenvalue weighted by Crippen LogP contribution is -2.14. The minimum Gasteiger partial charge on any atom is -0.493 e. The largest absolute Gasteiger partial charge is 0.493 e. The van der Waals surface area contributed by atoms with Gasteiger partial charge in [-0.2, -0.15) is 5.26 Å². The highest BCUT2D eigenvalue weighted by Crippen LogP contribution is 2.38. The maximum atomic E-state index is 13.8. The van der Waals surface area contributed by atoms with Crippen LogP contribution in [0.25, 0.3) is 6.08 Å². The maximum Gasteiger partial charge on any atom is 0.318 e. The fourth-order valence-electron chi connectivity index (χ4n) is 2.89. The van der Waals surface area contributed by atoms with E-state index >= 15 is 0 Å². The first kappa shape index (κ1) is 24.3. The van der Waals surface area contributed by atoms with Gasteiger partial charge in [0.05, 0.1) is 28.7 Å². The second-order valence-electron chi connectivity index (χ2n) is 6.78. The maximum absolute atomic E-state index is 13.8. The first-order valence-electron chi connectivity index (χ1n) is 9.70. The number of nitro benzene ring substituents is 2. The van der Waals surface area contributed by atoms with Crippen LogP contribution in [-0.4, -0.2) is 22.9 Å². The predicted molar refractivity (Wildman–Crippen MR) is 121 cm³/mol. The number of ether oxygens (including phenoxy) is 2. The average Bonchev–Trinajstić information content (AvgIpc) is 2.84. The number of methoxy groups -OCH3 is 1. The number of para-hydroxylation sites is 1. The summed E-state index contributed by atoms with van der Waals surface area (Å²) < 4.78 is 24.6. The number of carbonyl (C=O) groups excluding carboxylic acids is 1. The van der Waals surface area contributed by atoms with Gasteiger partial charge < -0.3 is 14.8 Å². The Morgan fingerprint density at radius 2 is 1.74 bits per heavy atom. The molecule has 35 heavy (non-hydrogen) atoms. The van der Waals surface area contributed by atoms with Crippen molar-refractivity contribution in [2.45, 2.75) is 0 Å². The molecule has 0 aromatic heterocycles. The molecule has 3 aromatic carbocycles. The second-order valence-corrected chi connectivity index (χ2v) is 6.78. The lowest BCUT2D eigenvalue weighted by Gasteiger charge is -2.11. The fraction of sp³-hybridized carbons (Fsp3) is 0.0435. The Kier molecular flexibility index (Phi) is 7.33. The molecule has 1 N–H and O–H groups in total. The molecule has 0 saturated carbocycles. The van der Waals surface area contributed by atoms with Gasteiger partial charge in [-0.1, -0.05) is 18.2 Å². The number of benzene rings is 3. The van der Waals surface area contributed by atoms with Crippen LogP contribution in [0.3, 0.4) is 0 Å². The van der Waals surface area contributed by atoms with Crippen LogP contribution in [-0.2, 0) is 4.79 Å². The Labute approximate surface area is 196 Å². The van der Waals surface area contributed by atoms with Gasteiger partial charge in [-0.15, -0.1) is 0 Å². The summed E-state index contributed by atoms with van der Waals surface area (Å²) in [4.78, 5) is 33.1. The Morgan fingerprint density at radius 1 is 1.03 bits per heavy atom. The molecule has 0 atom stereocenters. The summed E-state index contributed by atoms with van der Waals surface area (Å²) in [6.07, 6.45) is 1.23. The van der Waals surface area contributed by atoms with E-state index in [4.69, 9.17) is 9.47 Å². The first-order valence-corrected chi connectivity index (χ1v) is 9.70. The average molecular weight is 478 g/mol. The molecule has 0 fully saturated rings. The molecule has 12 heteroatoms. The lowest BCUT2D eigenvalue weighted by molar-refractivity contribution is -0.394. The molecule has 11 nitrogen and oxygen atoms in total. The molecule has 0 radical (unpaired) electrons. The van der Waals surface area contributed by atoms with Crippen LogP contribution in [0.4, 0.5) is 21.5 Å². The lowest BCUT2D eigenvalue weighted by atomic mass is 10.1. The number of anilines is 1. The van der Waals surface area contributed by atoms with Crippen LogP contribution in [0.1, 0.15) is 5.56 Å². The van der Waals surface area contributed by atoms with E-state index in [1.165, 1.54) is 49.6 Å². The van der Waals surface area contributed by atoms with E-state index in [9.17, 15) is 34.7 Å². The van der Waals surface area contributed by atoms with Gasteiger partial charge in [-0.3, -0.25) is 25.0 Å². The zero-order valence-electron chi connectivity index (χ0n) is 17.9. The molecular weight excluding hydrogens is 463 g/mol. The van der Waals surface area contributed by atoms with Crippen LogP contribution >= 0.6 is 0 Å². The number of rotatable bonds is 8. The van der Waals surface area contributed by atoms with Gasteiger partial charge in [0, 0.05) is 6.07 Å². The molecule has 0 spiro atoms. The normalized spacial score (nSPS) is 10.7. The van der Waals surface area contributed by atoms with Crippen LogP contribution in [0, 0.1) is 37.4 Å². The minimum absolute atomic E-state index is 0.0379. The zero-order valence-corrected chi connectivity index (χ0v) is 17.9. The van der Waals surface area contributed by atoms with E-state index < -0.39 is 32.9 Å². The summed E-state index contributed by atoms with van der Waals surface area (Å²) in [5.41, 5.74) is -1.18. The number of hydrogen-bond donors (Lipinski definition) is 1. The molecule has 3 rings (SSSR count). The summed E-state index contributed by atoms with van der Waals surface area (Å²) in [5.74, 6) is -1.63. The van der Waals surface area contributed by atoms with Crippen molar-refractivity contribution in [2.24, 2.45) is 0 Å². The van der Waals surface area contributed by atoms with Crippen molar-refractivity contribution >= 4 is 29.0 Å². The van der Waals surface area contributed by atoms with E-state index in [-0.39, 0.29) is 28.5 Å². The molecule has 176 valence electrons. The van der Waals surface area contributed by atoms with Gasteiger partial charge in [0.2, 0.25) is 5.75 Å². The fourth-order valence-corrected chi connectivity index (χ4v) is 2.89. The summed E-state index contributed by atoms with van der Waals surface area (Å²) in [5, 5.41) is 33.9. The Morgan fingerprint density at radius 3 is 2.37 bits per heavy atom. The SMILES string of the molecule is COc1cc(/C=C(/C#N)C(=O)Nc2ccccc2F)ccc1Oc1ccc([N+](=O)[O-])cc1[N+](=O)[O-]. The van der Waals surface area contributed by atoms with Crippen molar-refractivity contribution in [3.05, 3.63) is 97.8 Å². The molecule has 0 aliphatic rings. The van der Waals surface area contributed by atoms with Crippen LogP contribution in [0.5, 0.6) is 17.2 Å². The minimum atomic E-state index is -0.835. The van der Waals surface area contributed by atoms with Crippen LogP contribution < -0.4 is 14.8 Å². The zero-order chi connectivity index (χ0) is 25.5. The Hall–Kier alpha value is -5.31. The number of halogens is 1. The molecule has 1 amide bonds. The predicted octanol–water partition coefficient (Wildman–Crippen LogP) is 4.99. The van der Waals surface area contributed by atoms with Gasteiger partial charge >= 0.3 is 5.69 Å². The van der Waals surface area contributed by atoms with Crippen molar-refractivity contribution in [3.63, 3.8) is 0 Å². The van der Waals surface area contributed by atoms with Gasteiger partial charge in [-0.25, -0.2) is 4.39 Å². The molecule has 0 saturated heterocycles. The number of non-ortho nitro benzene ring substituents is 1. The van der Waals surface area contributed by atoms with E-state index in [1.54, 1.807) is 6.07 Å². The summed E-state index contributed by atoms with van der Waals surface area (Å²) in [6.45, 7) is 0. The molecular formula is C23H15FN4O7. The topological polar surface area (TPSA) is 158 Å². The van der Waals surface area contributed by atoms with Crippen molar-refractivity contribution in [1.82, 2.24) is 0 Å². The molecule has 0 bridgehead atoms. The Bertz CT molecular complexity index is 1400. The third-order valence-corrected chi connectivity index (χ3v) is 4.56. The van der Waals surface area contributed by atoms with Crippen molar-refractivity contribution in [1.29, 1.82) is 5.26 Å². The number of amides is 1. The molecule has 0 aliphatic heterocycles. The number of hydrogen-bond acceptors (Lipinski definition) is 8. The van der Waals surface area contributed by atoms with E-state index in [2.05, 4.69) is 5.32 Å². The van der Waals surface area contributed by atoms with Crippen molar-refractivity contribution in [3.8, 4) is 23.3 Å². The Balaban J connectivity index is 1.89. The highest BCUT2D eigenvalue weighted by molar-refractivity contribution is 6.09. The van der Waals surface area contributed by atoms with E-state index in [1.807, 2.05) is 0 Å². The van der Waals surface area contributed by atoms with E-state index in [0.717, 1.165) is 24.3 Å². The van der Waals surface area contributed by atoms with Crippen molar-refractivity contribution in [2.75, 3.05) is 12.4 Å². The monoisotopic (exact) mass is 478 g/mol. The van der Waals surface area contributed by atoms with Gasteiger partial charge in [0.1, 0.15) is 17.5 Å². The van der Waals surface area contributed by atoms with E-state index in [0.29, 0.717) is 5.56 Å². The molecule has 0 unspecified atom stereocenters. The quantitative estimate of drug-likeness (QED) is 0.205. The van der Waals surface area contributed by atoms with Gasteiger partial charge in [0.25, 0.3) is 11.6 Å². The summed E-state index contributed by atoms with van der Waals surface area (Å²) in [6, 6.07) is 14.4. The summed E-state index contributed by atoms with van der Waals surface area (Å²) in [7, 11) is 1.30. The molecule has 0 heterocycles. The van der Waals surface area contributed by atoms with Gasteiger partial charge in [0.15, 0.2) is 11.5 Å². The third-order valence-electron chi connectivity index (χ3n) is 4.56. The highest BCUT2D eigenvalue weighted by atomic mass is 19.1. The number of nitro groups is 2. The third kappa shape index (κ3) is 5.74. The summed E-state index contributed by atoms with van der Waals surface area (Å²) >= 11 is 0. The van der Waals surface area contributed by atoms with Crippen LogP contribution in [0.2, 0.25) is 0 Å². The van der Waals surface area contributed by atoms with Gasteiger partial charge in [-0.05, 0) is 42.0 Å². The first-order chi connectivity index (χ1) is 16.7. The highest BCUT2D eigenvalue weighted by Gasteiger charge is 2.22. The number of nitrogens with zero attached hydrogens (tertiary/aromatic N) is 3. The second kappa shape index (κ2) is 10.5. The number of nitriles is 1. The smallest absolute Gasteiger partial charge is 0.318 e. The standard InChI is InChI=1S/C23H15FN4O7/c1-34-22-11-14(10-15(13-25)23(29)26-18-5-3-2-4-17(18)24)6-8-21(22)35-20-9-7-16(27(30)31)12-19(20)28(32)33/h2-12H,1H3,(H,26,29)/b15-10-. The molecule has 3 aromatic rings. The number of nitrogens with one attached hydrogen (secondary N) is 1.